The third-order valence-corrected chi connectivity index (χ3v) is 5.10. The number of rotatable bonds is 6. The Balaban J connectivity index is 1.56. The van der Waals surface area contributed by atoms with Crippen molar-refractivity contribution in [2.75, 3.05) is 24.7 Å². The summed E-state index contributed by atoms with van der Waals surface area (Å²) in [6.07, 6.45) is 4.67. The van der Waals surface area contributed by atoms with Crippen LogP contribution in [0.3, 0.4) is 0 Å². The molecule has 2 aromatic heterocycles. The summed E-state index contributed by atoms with van der Waals surface area (Å²) in [6, 6.07) is 14.7. The van der Waals surface area contributed by atoms with Crippen molar-refractivity contribution in [1.29, 1.82) is 0 Å². The Bertz CT molecular complexity index is 806. The van der Waals surface area contributed by atoms with E-state index in [9.17, 15) is 0 Å². The molecule has 4 nitrogen and oxygen atoms in total. The maximum absolute atomic E-state index is 5.75. The quantitative estimate of drug-likeness (QED) is 0.667. The van der Waals surface area contributed by atoms with E-state index >= 15 is 0 Å². The van der Waals surface area contributed by atoms with E-state index in [-0.39, 0.29) is 0 Å². The normalized spacial score (nSPS) is 12.8. The van der Waals surface area contributed by atoms with Gasteiger partial charge in [-0.05, 0) is 47.7 Å². The number of anilines is 1. The Morgan fingerprint density at radius 2 is 1.84 bits per heavy atom. The second-order valence-corrected chi connectivity index (χ2v) is 6.97. The molecule has 3 aromatic rings. The second-order valence-electron chi connectivity index (χ2n) is 5.93. The number of hydrogen-bond donors (Lipinski definition) is 0. The van der Waals surface area contributed by atoms with Crippen LogP contribution in [0.15, 0.2) is 60.2 Å². The molecule has 0 saturated carbocycles. The molecule has 3 heterocycles. The molecule has 1 aromatic carbocycles. The molecule has 0 spiro atoms. The Kier molecular flexibility index (Phi) is 4.84. The Labute approximate surface area is 151 Å². The summed E-state index contributed by atoms with van der Waals surface area (Å²) in [5.41, 5.74) is 2.45. The number of fused-ring (bicyclic) bond motifs is 1. The fourth-order valence-electron chi connectivity index (χ4n) is 2.93. The van der Waals surface area contributed by atoms with Gasteiger partial charge in [-0.25, -0.2) is 0 Å². The van der Waals surface area contributed by atoms with Gasteiger partial charge in [0.25, 0.3) is 0 Å². The summed E-state index contributed by atoms with van der Waals surface area (Å²) in [4.78, 5) is 7.84. The average molecular weight is 352 g/mol. The zero-order valence-electron chi connectivity index (χ0n) is 13.9. The van der Waals surface area contributed by atoms with Gasteiger partial charge in [0.1, 0.15) is 13.2 Å². The number of thiophene rings is 1. The van der Waals surface area contributed by atoms with Crippen LogP contribution in [0, 0.1) is 0 Å². The lowest BCUT2D eigenvalue weighted by Crippen LogP contribution is -2.25. The zero-order chi connectivity index (χ0) is 16.9. The van der Waals surface area contributed by atoms with E-state index in [2.05, 4.69) is 51.7 Å². The van der Waals surface area contributed by atoms with E-state index in [0.717, 1.165) is 36.7 Å². The topological polar surface area (TPSA) is 34.6 Å². The average Bonchev–Trinajstić information content (AvgIpc) is 3.19. The highest BCUT2D eigenvalue weighted by atomic mass is 32.1. The molecular formula is C20H20N2O2S. The van der Waals surface area contributed by atoms with Crippen LogP contribution in [-0.2, 0) is 13.0 Å². The molecule has 4 rings (SSSR count). The molecule has 0 unspecified atom stereocenters. The largest absolute Gasteiger partial charge is 0.486 e. The van der Waals surface area contributed by atoms with Crippen LogP contribution in [0.2, 0.25) is 0 Å². The van der Waals surface area contributed by atoms with Crippen LogP contribution in [0.1, 0.15) is 10.4 Å². The lowest BCUT2D eigenvalue weighted by Gasteiger charge is -2.26. The van der Waals surface area contributed by atoms with Crippen LogP contribution in [0.4, 0.5) is 5.69 Å². The molecule has 0 fully saturated rings. The first-order valence-electron chi connectivity index (χ1n) is 8.44. The highest BCUT2D eigenvalue weighted by Crippen LogP contribution is 2.34. The summed E-state index contributed by atoms with van der Waals surface area (Å²) in [6.45, 7) is 3.05. The highest BCUT2D eigenvalue weighted by molar-refractivity contribution is 7.09. The molecule has 5 heteroatoms. The number of nitrogens with zero attached hydrogens (tertiary/aromatic N) is 2. The van der Waals surface area contributed by atoms with Crippen LogP contribution in [-0.4, -0.2) is 24.7 Å². The molecule has 0 N–H and O–H groups in total. The molecule has 0 bridgehead atoms. The lowest BCUT2D eigenvalue weighted by atomic mass is 10.1. The van der Waals surface area contributed by atoms with Crippen molar-refractivity contribution in [3.8, 4) is 11.5 Å². The summed E-state index contributed by atoms with van der Waals surface area (Å²) >= 11 is 1.79. The monoisotopic (exact) mass is 352 g/mol. The number of benzene rings is 1. The van der Waals surface area contributed by atoms with Gasteiger partial charge in [-0.1, -0.05) is 6.07 Å². The van der Waals surface area contributed by atoms with Gasteiger partial charge in [0.05, 0.1) is 6.54 Å². The maximum atomic E-state index is 5.75. The fourth-order valence-corrected chi connectivity index (χ4v) is 3.65. The maximum Gasteiger partial charge on any atom is 0.163 e. The molecule has 1 aliphatic heterocycles. The van der Waals surface area contributed by atoms with E-state index in [1.807, 2.05) is 18.5 Å². The van der Waals surface area contributed by atoms with E-state index in [1.54, 1.807) is 11.3 Å². The van der Waals surface area contributed by atoms with Gasteiger partial charge >= 0.3 is 0 Å². The fraction of sp³-hybridized carbons (Fsp3) is 0.250. The van der Waals surface area contributed by atoms with Gasteiger partial charge in [-0.15, -0.1) is 11.3 Å². The van der Waals surface area contributed by atoms with Crippen molar-refractivity contribution in [1.82, 2.24) is 4.98 Å². The molecular weight excluding hydrogens is 332 g/mol. The smallest absolute Gasteiger partial charge is 0.163 e. The molecule has 128 valence electrons. The van der Waals surface area contributed by atoms with Crippen LogP contribution in [0.5, 0.6) is 11.5 Å². The van der Waals surface area contributed by atoms with Gasteiger partial charge in [0, 0.05) is 35.6 Å². The molecule has 0 atom stereocenters. The number of ether oxygens (including phenoxy) is 2. The Morgan fingerprint density at radius 1 is 1.00 bits per heavy atom. The number of hydrogen-bond acceptors (Lipinski definition) is 5. The van der Waals surface area contributed by atoms with Gasteiger partial charge in [0.2, 0.25) is 0 Å². The first-order chi connectivity index (χ1) is 12.4. The lowest BCUT2D eigenvalue weighted by molar-refractivity contribution is 0.171. The molecule has 0 radical (unpaired) electrons. The van der Waals surface area contributed by atoms with Crippen LogP contribution >= 0.6 is 11.3 Å². The van der Waals surface area contributed by atoms with E-state index in [4.69, 9.17) is 9.47 Å². The first kappa shape index (κ1) is 16.0. The van der Waals surface area contributed by atoms with Crippen LogP contribution < -0.4 is 14.4 Å². The van der Waals surface area contributed by atoms with Gasteiger partial charge in [-0.3, -0.25) is 4.98 Å². The SMILES string of the molecule is c1csc(CN(CCc2ccncc2)c2ccc3c(c2)OCCO3)c1. The zero-order valence-corrected chi connectivity index (χ0v) is 14.7. The van der Waals surface area contributed by atoms with Crippen molar-refractivity contribution in [2.24, 2.45) is 0 Å². The third kappa shape index (κ3) is 3.94. The van der Waals surface area contributed by atoms with E-state index < -0.39 is 0 Å². The van der Waals surface area contributed by atoms with Crippen molar-refractivity contribution >= 4 is 17.0 Å². The minimum atomic E-state index is 0.610. The summed E-state index contributed by atoms with van der Waals surface area (Å²) < 4.78 is 11.4. The van der Waals surface area contributed by atoms with Crippen molar-refractivity contribution in [3.05, 3.63) is 70.7 Å². The molecule has 0 aliphatic carbocycles. The van der Waals surface area contributed by atoms with E-state index in [1.165, 1.54) is 10.4 Å². The highest BCUT2D eigenvalue weighted by Gasteiger charge is 2.15. The minimum Gasteiger partial charge on any atom is -0.486 e. The Hall–Kier alpha value is -2.53. The predicted molar refractivity (Wildman–Crippen MR) is 101 cm³/mol. The standard InChI is InChI=1S/C20H20N2O2S/c1-2-18(25-13-1)15-22(10-7-16-5-8-21-9-6-16)17-3-4-19-20(14-17)24-12-11-23-19/h1-6,8-9,13-14H,7,10-12,15H2. The molecule has 0 amide bonds. The first-order valence-corrected chi connectivity index (χ1v) is 9.32. The summed E-state index contributed by atoms with van der Waals surface area (Å²) in [5, 5.41) is 2.13. The second kappa shape index (κ2) is 7.57. The third-order valence-electron chi connectivity index (χ3n) is 4.24. The van der Waals surface area contributed by atoms with E-state index in [0.29, 0.717) is 13.2 Å². The van der Waals surface area contributed by atoms with Crippen molar-refractivity contribution in [2.45, 2.75) is 13.0 Å². The van der Waals surface area contributed by atoms with Gasteiger partial charge in [0.15, 0.2) is 11.5 Å². The number of aromatic nitrogens is 1. The van der Waals surface area contributed by atoms with Gasteiger partial charge < -0.3 is 14.4 Å². The summed E-state index contributed by atoms with van der Waals surface area (Å²) in [7, 11) is 0. The molecule has 0 saturated heterocycles. The predicted octanol–water partition coefficient (Wildman–Crippen LogP) is 4.16. The minimum absolute atomic E-state index is 0.610. The Morgan fingerprint density at radius 3 is 2.64 bits per heavy atom. The summed E-state index contributed by atoms with van der Waals surface area (Å²) in [5.74, 6) is 1.67. The van der Waals surface area contributed by atoms with Crippen LogP contribution in [0.25, 0.3) is 0 Å². The number of pyridine rings is 1. The van der Waals surface area contributed by atoms with Crippen molar-refractivity contribution < 1.29 is 9.47 Å². The van der Waals surface area contributed by atoms with Gasteiger partial charge in [-0.2, -0.15) is 0 Å². The van der Waals surface area contributed by atoms with Crippen molar-refractivity contribution in [3.63, 3.8) is 0 Å². The molecule has 25 heavy (non-hydrogen) atoms. The molecule has 1 aliphatic rings.